The molecule has 0 aliphatic heterocycles. The van der Waals surface area contributed by atoms with Crippen LogP contribution in [-0.2, 0) is 0 Å². The average molecular weight is 413 g/mol. The molecule has 0 saturated heterocycles. The third-order valence-electron chi connectivity index (χ3n) is 10.7. The molecule has 0 radical (unpaired) electrons. The minimum absolute atomic E-state index is 0.0844. The van der Waals surface area contributed by atoms with Crippen LogP contribution in [0.25, 0.3) is 0 Å². The van der Waals surface area contributed by atoms with E-state index in [0.717, 1.165) is 42.4 Å². The van der Waals surface area contributed by atoms with Crippen molar-refractivity contribution in [2.45, 2.75) is 118 Å². The van der Waals surface area contributed by atoms with Gasteiger partial charge >= 0.3 is 0 Å². The van der Waals surface area contributed by atoms with Crippen molar-refractivity contribution < 1.29 is 5.11 Å². The molecule has 170 valence electrons. The van der Waals surface area contributed by atoms with Crippen LogP contribution in [0.2, 0.25) is 0 Å². The number of fused-ring (bicyclic) bond motifs is 5. The van der Waals surface area contributed by atoms with Crippen LogP contribution < -0.4 is 0 Å². The summed E-state index contributed by atoms with van der Waals surface area (Å²) in [4.78, 5) is 0. The summed E-state index contributed by atoms with van der Waals surface area (Å²) >= 11 is 0. The van der Waals surface area contributed by atoms with E-state index in [-0.39, 0.29) is 6.10 Å². The van der Waals surface area contributed by atoms with Crippen LogP contribution in [0.3, 0.4) is 0 Å². The number of aliphatic hydroxyl groups excluding tert-OH is 1. The van der Waals surface area contributed by atoms with Crippen molar-refractivity contribution >= 4 is 0 Å². The molecule has 3 fully saturated rings. The first-order valence-electron chi connectivity index (χ1n) is 13.2. The predicted octanol–water partition coefficient (Wildman–Crippen LogP) is 8.09. The molecule has 0 heterocycles. The zero-order valence-electron chi connectivity index (χ0n) is 20.8. The standard InChI is InChI=1S/C29H48O/c1-7-8-21(19(2)3)17-20(4)25-11-12-26-24-10-9-22-18-23(30)13-15-28(22,5)27(24)14-16-29(25,26)6/h9,20,23-27,30H,7-8,10-18H2,1-6H3/t20-,23+,24+,25-,26+,27+,28+,29-/m1/s1. The van der Waals surface area contributed by atoms with Crippen molar-refractivity contribution in [3.8, 4) is 0 Å². The van der Waals surface area contributed by atoms with E-state index in [2.05, 4.69) is 47.6 Å². The van der Waals surface area contributed by atoms with Gasteiger partial charge in [-0.05, 0) is 118 Å². The van der Waals surface area contributed by atoms with E-state index in [1.807, 2.05) is 0 Å². The van der Waals surface area contributed by atoms with Gasteiger partial charge in [0.05, 0.1) is 6.10 Å². The van der Waals surface area contributed by atoms with Gasteiger partial charge in [-0.25, -0.2) is 0 Å². The van der Waals surface area contributed by atoms with E-state index in [9.17, 15) is 5.11 Å². The topological polar surface area (TPSA) is 20.2 Å². The molecule has 0 bridgehead atoms. The normalized spacial score (nSPS) is 43.8. The number of allylic oxidation sites excluding steroid dienone is 3. The lowest BCUT2D eigenvalue weighted by atomic mass is 9.47. The molecule has 1 N–H and O–H groups in total. The van der Waals surface area contributed by atoms with Gasteiger partial charge in [0.15, 0.2) is 0 Å². The van der Waals surface area contributed by atoms with E-state index in [1.165, 1.54) is 57.8 Å². The maximum Gasteiger partial charge on any atom is 0.0577 e. The summed E-state index contributed by atoms with van der Waals surface area (Å²) in [6, 6.07) is 0. The minimum Gasteiger partial charge on any atom is -0.393 e. The molecule has 1 heteroatoms. The molecule has 0 aromatic heterocycles. The molecule has 4 aliphatic carbocycles. The maximum atomic E-state index is 10.3. The molecule has 1 nitrogen and oxygen atoms in total. The van der Waals surface area contributed by atoms with Gasteiger partial charge in [-0.15, -0.1) is 0 Å². The zero-order valence-corrected chi connectivity index (χ0v) is 20.8. The molecule has 0 spiro atoms. The highest BCUT2D eigenvalue weighted by atomic mass is 16.3. The Labute approximate surface area is 186 Å². The van der Waals surface area contributed by atoms with E-state index < -0.39 is 0 Å². The summed E-state index contributed by atoms with van der Waals surface area (Å²) in [6.07, 6.45) is 16.7. The highest BCUT2D eigenvalue weighted by Gasteiger charge is 2.59. The van der Waals surface area contributed by atoms with Crippen molar-refractivity contribution in [2.24, 2.45) is 40.4 Å². The van der Waals surface area contributed by atoms with Crippen LogP contribution in [0, 0.1) is 40.4 Å². The molecular formula is C29H48O. The van der Waals surface area contributed by atoms with Crippen molar-refractivity contribution in [3.63, 3.8) is 0 Å². The number of hydrogen-bond acceptors (Lipinski definition) is 1. The molecule has 3 saturated carbocycles. The van der Waals surface area contributed by atoms with Gasteiger partial charge in [-0.3, -0.25) is 0 Å². The summed E-state index contributed by atoms with van der Waals surface area (Å²) in [5.74, 6) is 4.41. The van der Waals surface area contributed by atoms with E-state index >= 15 is 0 Å². The summed E-state index contributed by atoms with van der Waals surface area (Å²) in [5, 5.41) is 10.3. The number of rotatable bonds is 5. The second kappa shape index (κ2) is 8.42. The maximum absolute atomic E-state index is 10.3. The Morgan fingerprint density at radius 1 is 1.10 bits per heavy atom. The summed E-state index contributed by atoms with van der Waals surface area (Å²) < 4.78 is 0. The van der Waals surface area contributed by atoms with Gasteiger partial charge in [0.25, 0.3) is 0 Å². The average Bonchev–Trinajstić information content (AvgIpc) is 3.05. The van der Waals surface area contributed by atoms with E-state index in [4.69, 9.17) is 0 Å². The van der Waals surface area contributed by atoms with Crippen LogP contribution >= 0.6 is 0 Å². The van der Waals surface area contributed by atoms with Gasteiger partial charge in [-0.2, -0.15) is 0 Å². The fraction of sp³-hybridized carbons (Fsp3) is 0.862. The fourth-order valence-electron chi connectivity index (χ4n) is 9.01. The smallest absolute Gasteiger partial charge is 0.0577 e. The molecular weight excluding hydrogens is 364 g/mol. The van der Waals surface area contributed by atoms with Crippen molar-refractivity contribution in [1.82, 2.24) is 0 Å². The Morgan fingerprint density at radius 2 is 1.87 bits per heavy atom. The minimum atomic E-state index is -0.0844. The molecule has 4 rings (SSSR count). The molecule has 4 aliphatic rings. The molecule has 8 atom stereocenters. The Hall–Kier alpha value is -0.560. The molecule has 0 aromatic rings. The molecule has 30 heavy (non-hydrogen) atoms. The SMILES string of the molecule is CCCC(C[C@@H](C)[C@H]1CC[C@H]2[C@@H]3CC=C4C[C@@H](O)CC[C@]4(C)[C@H]3CC[C@]12C)=C(C)C. The molecule has 0 amide bonds. The Balaban J connectivity index is 1.53. The summed E-state index contributed by atoms with van der Waals surface area (Å²) in [6.45, 7) is 14.8. The summed E-state index contributed by atoms with van der Waals surface area (Å²) in [7, 11) is 0. The lowest BCUT2D eigenvalue weighted by Crippen LogP contribution is -2.50. The largest absolute Gasteiger partial charge is 0.393 e. The first-order chi connectivity index (χ1) is 14.2. The van der Waals surface area contributed by atoms with Crippen molar-refractivity contribution in [3.05, 3.63) is 22.8 Å². The van der Waals surface area contributed by atoms with Gasteiger partial charge in [0.2, 0.25) is 0 Å². The highest BCUT2D eigenvalue weighted by Crippen LogP contribution is 2.67. The van der Waals surface area contributed by atoms with Gasteiger partial charge in [-0.1, -0.05) is 56.9 Å². The second-order valence-corrected chi connectivity index (χ2v) is 12.4. The lowest BCUT2D eigenvalue weighted by molar-refractivity contribution is -0.0566. The fourth-order valence-corrected chi connectivity index (χ4v) is 9.01. The van der Waals surface area contributed by atoms with Crippen molar-refractivity contribution in [1.29, 1.82) is 0 Å². The van der Waals surface area contributed by atoms with Gasteiger partial charge in [0, 0.05) is 0 Å². The molecule has 0 unspecified atom stereocenters. The van der Waals surface area contributed by atoms with Crippen LogP contribution in [0.5, 0.6) is 0 Å². The molecule has 0 aromatic carbocycles. The van der Waals surface area contributed by atoms with E-state index in [1.54, 1.807) is 16.7 Å². The van der Waals surface area contributed by atoms with Crippen LogP contribution in [0.1, 0.15) is 112 Å². The monoisotopic (exact) mass is 412 g/mol. The lowest BCUT2D eigenvalue weighted by Gasteiger charge is -2.58. The van der Waals surface area contributed by atoms with Crippen LogP contribution in [-0.4, -0.2) is 11.2 Å². The first-order valence-corrected chi connectivity index (χ1v) is 13.2. The number of aliphatic hydroxyl groups is 1. The third kappa shape index (κ3) is 3.66. The van der Waals surface area contributed by atoms with Gasteiger partial charge < -0.3 is 5.11 Å². The Kier molecular flexibility index (Phi) is 6.35. The Morgan fingerprint density at radius 3 is 2.57 bits per heavy atom. The van der Waals surface area contributed by atoms with Crippen molar-refractivity contribution in [2.75, 3.05) is 0 Å². The highest BCUT2D eigenvalue weighted by molar-refractivity contribution is 5.25. The number of hydrogen-bond donors (Lipinski definition) is 1. The quantitative estimate of drug-likeness (QED) is 0.452. The summed E-state index contributed by atoms with van der Waals surface area (Å²) in [5.41, 5.74) is 5.86. The van der Waals surface area contributed by atoms with E-state index in [0.29, 0.717) is 10.8 Å². The first kappa shape index (κ1) is 22.6. The second-order valence-electron chi connectivity index (χ2n) is 12.4. The van der Waals surface area contributed by atoms with Gasteiger partial charge in [0.1, 0.15) is 0 Å². The predicted molar refractivity (Wildman–Crippen MR) is 128 cm³/mol. The zero-order chi connectivity index (χ0) is 21.7. The third-order valence-corrected chi connectivity index (χ3v) is 10.7. The van der Waals surface area contributed by atoms with Crippen LogP contribution in [0.15, 0.2) is 22.8 Å². The van der Waals surface area contributed by atoms with Crippen LogP contribution in [0.4, 0.5) is 0 Å². The Bertz CT molecular complexity index is 697.